The molecule has 0 rings (SSSR count). The van der Waals surface area contributed by atoms with Crippen molar-refractivity contribution in [3.63, 3.8) is 0 Å². The fourth-order valence-electron chi connectivity index (χ4n) is 0.604. The second kappa shape index (κ2) is 8.52. The van der Waals surface area contributed by atoms with Gasteiger partial charge in [0.2, 0.25) is 0 Å². The maximum atomic E-state index is 3.22. The molecule has 0 saturated heterocycles. The van der Waals surface area contributed by atoms with Gasteiger partial charge < -0.3 is 5.32 Å². The molecule has 0 spiro atoms. The summed E-state index contributed by atoms with van der Waals surface area (Å²) < 4.78 is 0. The molecule has 0 aliphatic carbocycles. The molecule has 58 valence electrons. The predicted octanol–water partition coefficient (Wildman–Crippen LogP) is 1.79. The maximum absolute atomic E-state index is 3.22. The Hall–Kier alpha value is -0.480. The molecule has 0 atom stereocenters. The Morgan fingerprint density at radius 1 is 1.10 bits per heavy atom. The molecular formula is C9H17N. The van der Waals surface area contributed by atoms with Gasteiger partial charge >= 0.3 is 0 Å². The molecule has 0 fully saturated rings. The number of hydrogen-bond donors (Lipinski definition) is 1. The van der Waals surface area contributed by atoms with Crippen molar-refractivity contribution in [3.05, 3.63) is 0 Å². The lowest BCUT2D eigenvalue weighted by Crippen LogP contribution is -2.14. The van der Waals surface area contributed by atoms with Gasteiger partial charge in [0.25, 0.3) is 0 Å². The number of nitrogens with one attached hydrogen (secondary N) is 1. The summed E-state index contributed by atoms with van der Waals surface area (Å²) in [5.74, 6) is 6.14. The summed E-state index contributed by atoms with van der Waals surface area (Å²) in [5.41, 5.74) is 0. The van der Waals surface area contributed by atoms with Crippen molar-refractivity contribution in [2.45, 2.75) is 33.1 Å². The Balaban J connectivity index is 2.96. The van der Waals surface area contributed by atoms with Crippen molar-refractivity contribution in [1.82, 2.24) is 5.32 Å². The number of hydrogen-bond acceptors (Lipinski definition) is 1. The maximum Gasteiger partial charge on any atom is 0.0576 e. The molecule has 0 aromatic rings. The van der Waals surface area contributed by atoms with E-state index in [4.69, 9.17) is 0 Å². The van der Waals surface area contributed by atoms with Crippen LogP contribution < -0.4 is 5.32 Å². The van der Waals surface area contributed by atoms with E-state index in [1.807, 2.05) is 0 Å². The van der Waals surface area contributed by atoms with Gasteiger partial charge in [-0.15, -0.1) is 5.92 Å². The van der Waals surface area contributed by atoms with Crippen molar-refractivity contribution >= 4 is 0 Å². The van der Waals surface area contributed by atoms with Gasteiger partial charge in [-0.25, -0.2) is 0 Å². The summed E-state index contributed by atoms with van der Waals surface area (Å²) in [7, 11) is 0. The van der Waals surface area contributed by atoms with Gasteiger partial charge in [0, 0.05) is 6.42 Å². The topological polar surface area (TPSA) is 12.0 Å². The Labute approximate surface area is 64.2 Å². The van der Waals surface area contributed by atoms with E-state index < -0.39 is 0 Å². The van der Waals surface area contributed by atoms with Crippen LogP contribution in [0.2, 0.25) is 0 Å². The van der Waals surface area contributed by atoms with Gasteiger partial charge in [-0.2, -0.15) is 0 Å². The highest BCUT2D eigenvalue weighted by Crippen LogP contribution is 1.79. The van der Waals surface area contributed by atoms with Crippen LogP contribution in [-0.4, -0.2) is 13.1 Å². The average molecular weight is 139 g/mol. The minimum absolute atomic E-state index is 0.855. The van der Waals surface area contributed by atoms with Crippen molar-refractivity contribution in [2.24, 2.45) is 0 Å². The smallest absolute Gasteiger partial charge is 0.0576 e. The normalized spacial score (nSPS) is 8.60. The summed E-state index contributed by atoms with van der Waals surface area (Å²) in [6.07, 6.45) is 3.39. The molecule has 0 bridgehead atoms. The van der Waals surface area contributed by atoms with Gasteiger partial charge in [0.05, 0.1) is 6.54 Å². The lowest BCUT2D eigenvalue weighted by molar-refractivity contribution is 0.736. The summed E-state index contributed by atoms with van der Waals surface area (Å²) in [6, 6.07) is 0. The first kappa shape index (κ1) is 9.52. The third kappa shape index (κ3) is 7.52. The molecule has 0 amide bonds. The van der Waals surface area contributed by atoms with Gasteiger partial charge in [-0.3, -0.25) is 0 Å². The molecule has 0 unspecified atom stereocenters. The highest BCUT2D eigenvalue weighted by molar-refractivity contribution is 5.00. The van der Waals surface area contributed by atoms with Crippen LogP contribution in [0.4, 0.5) is 0 Å². The molecule has 10 heavy (non-hydrogen) atoms. The van der Waals surface area contributed by atoms with Crippen LogP contribution in [0.1, 0.15) is 33.1 Å². The molecule has 0 aliphatic rings. The van der Waals surface area contributed by atoms with E-state index in [0.29, 0.717) is 0 Å². The average Bonchev–Trinajstić information content (AvgIpc) is 1.97. The zero-order chi connectivity index (χ0) is 7.66. The molecule has 0 radical (unpaired) electrons. The molecule has 1 nitrogen and oxygen atoms in total. The van der Waals surface area contributed by atoms with E-state index in [-0.39, 0.29) is 0 Å². The van der Waals surface area contributed by atoms with E-state index >= 15 is 0 Å². The van der Waals surface area contributed by atoms with E-state index in [1.54, 1.807) is 0 Å². The van der Waals surface area contributed by atoms with Crippen molar-refractivity contribution in [3.8, 4) is 11.8 Å². The van der Waals surface area contributed by atoms with Gasteiger partial charge in [-0.1, -0.05) is 19.8 Å². The number of rotatable bonds is 4. The zero-order valence-electron chi connectivity index (χ0n) is 7.04. The Bertz CT molecular complexity index is 108. The number of unbranched alkanes of at least 4 members (excludes halogenated alkanes) is 1. The monoisotopic (exact) mass is 139 g/mol. The highest BCUT2D eigenvalue weighted by Gasteiger charge is 1.76. The van der Waals surface area contributed by atoms with Crippen LogP contribution in [0.25, 0.3) is 0 Å². The Morgan fingerprint density at radius 2 is 1.90 bits per heavy atom. The Morgan fingerprint density at radius 3 is 2.50 bits per heavy atom. The fraction of sp³-hybridized carbons (Fsp3) is 0.778. The standard InChI is InChI=1S/C9H17N/c1-3-5-6-7-9-10-8-4-2/h10H,3-5,8-9H2,1-2H3. The van der Waals surface area contributed by atoms with Crippen LogP contribution in [0, 0.1) is 11.8 Å². The molecule has 0 aromatic heterocycles. The molecule has 0 saturated carbocycles. The summed E-state index contributed by atoms with van der Waals surface area (Å²) >= 11 is 0. The lowest BCUT2D eigenvalue weighted by atomic mass is 10.3. The van der Waals surface area contributed by atoms with E-state index in [0.717, 1.165) is 19.5 Å². The Kier molecular flexibility index (Phi) is 8.11. The van der Waals surface area contributed by atoms with Gasteiger partial charge in [0.1, 0.15) is 0 Å². The van der Waals surface area contributed by atoms with Crippen LogP contribution in [0.3, 0.4) is 0 Å². The summed E-state index contributed by atoms with van der Waals surface area (Å²) in [6.45, 7) is 6.25. The highest BCUT2D eigenvalue weighted by atomic mass is 14.8. The first-order chi connectivity index (χ1) is 4.91. The SMILES string of the molecule is CCCC#CCNCCC. The van der Waals surface area contributed by atoms with Crippen molar-refractivity contribution in [1.29, 1.82) is 0 Å². The van der Waals surface area contributed by atoms with Crippen LogP contribution >= 0.6 is 0 Å². The summed E-state index contributed by atoms with van der Waals surface area (Å²) in [5, 5.41) is 3.22. The third-order valence-electron chi connectivity index (χ3n) is 1.14. The lowest BCUT2D eigenvalue weighted by Gasteiger charge is -1.92. The van der Waals surface area contributed by atoms with Crippen molar-refractivity contribution in [2.75, 3.05) is 13.1 Å². The van der Waals surface area contributed by atoms with E-state index in [1.165, 1.54) is 12.8 Å². The minimum Gasteiger partial charge on any atom is -0.306 e. The van der Waals surface area contributed by atoms with Gasteiger partial charge in [0.15, 0.2) is 0 Å². The second-order valence-electron chi connectivity index (χ2n) is 2.28. The minimum atomic E-state index is 0.855. The molecule has 1 N–H and O–H groups in total. The molecule has 1 heteroatoms. The predicted molar refractivity (Wildman–Crippen MR) is 45.8 cm³/mol. The van der Waals surface area contributed by atoms with Crippen LogP contribution in [0.15, 0.2) is 0 Å². The molecular weight excluding hydrogens is 122 g/mol. The molecule has 0 aliphatic heterocycles. The molecule has 0 aromatic carbocycles. The quantitative estimate of drug-likeness (QED) is 0.462. The van der Waals surface area contributed by atoms with Crippen molar-refractivity contribution < 1.29 is 0 Å². The zero-order valence-corrected chi connectivity index (χ0v) is 7.04. The molecule has 0 heterocycles. The first-order valence-electron chi connectivity index (χ1n) is 4.08. The summed E-state index contributed by atoms with van der Waals surface area (Å²) in [4.78, 5) is 0. The van der Waals surface area contributed by atoms with Crippen LogP contribution in [0.5, 0.6) is 0 Å². The third-order valence-corrected chi connectivity index (χ3v) is 1.14. The first-order valence-corrected chi connectivity index (χ1v) is 4.08. The largest absolute Gasteiger partial charge is 0.306 e. The second-order valence-corrected chi connectivity index (χ2v) is 2.28. The fourth-order valence-corrected chi connectivity index (χ4v) is 0.604. The van der Waals surface area contributed by atoms with Gasteiger partial charge in [-0.05, 0) is 19.4 Å². The van der Waals surface area contributed by atoms with E-state index in [9.17, 15) is 0 Å². The van der Waals surface area contributed by atoms with Crippen LogP contribution in [-0.2, 0) is 0 Å². The van der Waals surface area contributed by atoms with E-state index in [2.05, 4.69) is 31.0 Å².